The Kier molecular flexibility index (Phi) is 6.37. The monoisotopic (exact) mass is 612 g/mol. The van der Waals surface area contributed by atoms with Gasteiger partial charge in [-0.25, -0.2) is 0 Å². The van der Waals surface area contributed by atoms with E-state index < -0.39 is 0 Å². The second-order valence-corrected chi connectivity index (χ2v) is 13.9. The van der Waals surface area contributed by atoms with Crippen molar-refractivity contribution in [2.75, 3.05) is 0 Å². The number of benzene rings is 7. The molecule has 19 rings (SSSR count). The van der Waals surface area contributed by atoms with Gasteiger partial charge < -0.3 is 0 Å². The van der Waals surface area contributed by atoms with Crippen LogP contribution in [0.15, 0.2) is 146 Å². The minimum absolute atomic E-state index is 1.05. The average molecular weight is 613 g/mol. The highest BCUT2D eigenvalue weighted by molar-refractivity contribution is 6.15. The summed E-state index contributed by atoms with van der Waals surface area (Å²) < 4.78 is 0. The van der Waals surface area contributed by atoms with E-state index in [1.807, 2.05) is 0 Å². The summed E-state index contributed by atoms with van der Waals surface area (Å²) in [5.74, 6) is 0. The Morgan fingerprint density at radius 2 is 0.292 bits per heavy atom. The third-order valence-electron chi connectivity index (χ3n) is 11.1. The predicted molar refractivity (Wildman–Crippen MR) is 201 cm³/mol. The number of hydrogen-bond acceptors (Lipinski definition) is 0. The molecular formula is C48H36. The third-order valence-corrected chi connectivity index (χ3v) is 11.1. The Bertz CT molecular complexity index is 1840. The van der Waals surface area contributed by atoms with Crippen LogP contribution in [0.5, 0.6) is 0 Å². The first-order valence-corrected chi connectivity index (χ1v) is 17.5. The quantitative estimate of drug-likeness (QED) is 0.160. The van der Waals surface area contributed by atoms with Gasteiger partial charge >= 0.3 is 0 Å². The molecule has 7 aromatic rings. The molecule has 228 valence electrons. The molecule has 12 aliphatic carbocycles. The Balaban J connectivity index is 1.48. The van der Waals surface area contributed by atoms with Crippen molar-refractivity contribution in [3.8, 4) is 66.8 Å². The van der Waals surface area contributed by atoms with Crippen molar-refractivity contribution in [1.82, 2.24) is 0 Å². The van der Waals surface area contributed by atoms with Crippen LogP contribution in [0.4, 0.5) is 0 Å². The maximum atomic E-state index is 2.38. The molecule has 0 nitrogen and oxygen atoms in total. The van der Waals surface area contributed by atoms with Crippen LogP contribution in [0, 0.1) is 0 Å². The third kappa shape index (κ3) is 4.59. The molecule has 0 heteroatoms. The van der Waals surface area contributed by atoms with Crippen LogP contribution in [0.3, 0.4) is 0 Å². The Labute approximate surface area is 283 Å². The lowest BCUT2D eigenvalue weighted by Crippen LogP contribution is -2.04. The van der Waals surface area contributed by atoms with Gasteiger partial charge in [-0.05, 0) is 139 Å². The van der Waals surface area contributed by atoms with Gasteiger partial charge in [0.25, 0.3) is 0 Å². The van der Waals surface area contributed by atoms with Crippen LogP contribution in [0.1, 0.15) is 33.4 Å². The van der Waals surface area contributed by atoms with Crippen molar-refractivity contribution in [3.05, 3.63) is 179 Å². The first-order chi connectivity index (χ1) is 23.7. The second-order valence-electron chi connectivity index (χ2n) is 13.9. The molecule has 0 spiro atoms. The molecule has 12 bridgehead atoms. The van der Waals surface area contributed by atoms with Crippen LogP contribution in [-0.4, -0.2) is 0 Å². The summed E-state index contributed by atoms with van der Waals surface area (Å²) in [4.78, 5) is 0. The lowest BCUT2D eigenvalue weighted by atomic mass is 9.73. The molecule has 0 saturated heterocycles. The van der Waals surface area contributed by atoms with Gasteiger partial charge in [-0.2, -0.15) is 0 Å². The van der Waals surface area contributed by atoms with E-state index in [0.29, 0.717) is 0 Å². The van der Waals surface area contributed by atoms with E-state index in [0.717, 1.165) is 38.5 Å². The van der Waals surface area contributed by atoms with Gasteiger partial charge in [-0.3, -0.25) is 0 Å². The van der Waals surface area contributed by atoms with Gasteiger partial charge in [-0.15, -0.1) is 0 Å². The van der Waals surface area contributed by atoms with Crippen molar-refractivity contribution in [2.45, 2.75) is 38.5 Å². The molecule has 0 heterocycles. The van der Waals surface area contributed by atoms with Gasteiger partial charge in [-0.1, -0.05) is 146 Å². The minimum atomic E-state index is 1.05. The highest BCUT2D eigenvalue weighted by Gasteiger charge is 2.29. The van der Waals surface area contributed by atoms with E-state index in [2.05, 4.69) is 146 Å². The molecule has 48 heavy (non-hydrogen) atoms. The SMILES string of the molecule is c1cc2ccc1CCc1ccc(cc1)-c1c-2c2c(c3c1-c1ccc(cc1)CCc1ccc-3cc1)-c1ccc(cc1)CCc1ccc-2cc1. The zero-order chi connectivity index (χ0) is 31.6. The summed E-state index contributed by atoms with van der Waals surface area (Å²) in [7, 11) is 0. The van der Waals surface area contributed by atoms with Crippen LogP contribution in [0.25, 0.3) is 66.8 Å². The van der Waals surface area contributed by atoms with E-state index >= 15 is 0 Å². The normalized spacial score (nSPS) is 13.8. The van der Waals surface area contributed by atoms with E-state index in [1.165, 1.54) is 100 Å². The maximum Gasteiger partial charge on any atom is -0.00139 e. The molecule has 0 aliphatic heterocycles. The van der Waals surface area contributed by atoms with Crippen LogP contribution in [-0.2, 0) is 38.5 Å². The second kappa shape index (κ2) is 11.1. The van der Waals surface area contributed by atoms with Crippen molar-refractivity contribution in [3.63, 3.8) is 0 Å². The van der Waals surface area contributed by atoms with Crippen molar-refractivity contribution in [1.29, 1.82) is 0 Å². The zero-order valence-corrected chi connectivity index (χ0v) is 27.1. The van der Waals surface area contributed by atoms with Gasteiger partial charge in [0.2, 0.25) is 0 Å². The van der Waals surface area contributed by atoms with E-state index in [1.54, 1.807) is 0 Å². The van der Waals surface area contributed by atoms with Crippen LogP contribution in [0.2, 0.25) is 0 Å². The molecule has 0 N–H and O–H groups in total. The first kappa shape index (κ1) is 27.6. The van der Waals surface area contributed by atoms with Gasteiger partial charge in [0.1, 0.15) is 0 Å². The Morgan fingerprint density at radius 3 is 0.417 bits per heavy atom. The molecule has 0 amide bonds. The summed E-state index contributed by atoms with van der Waals surface area (Å²) in [5.41, 5.74) is 23.8. The van der Waals surface area contributed by atoms with Crippen molar-refractivity contribution < 1.29 is 0 Å². The summed E-state index contributed by atoms with van der Waals surface area (Å²) >= 11 is 0. The van der Waals surface area contributed by atoms with E-state index in [-0.39, 0.29) is 0 Å². The zero-order valence-electron chi connectivity index (χ0n) is 27.1. The van der Waals surface area contributed by atoms with Crippen molar-refractivity contribution in [2.24, 2.45) is 0 Å². The molecule has 12 aliphatic rings. The highest BCUT2D eigenvalue weighted by atomic mass is 14.3. The molecule has 0 unspecified atom stereocenters. The number of aryl methyl sites for hydroxylation is 6. The Morgan fingerprint density at radius 1 is 0.167 bits per heavy atom. The fourth-order valence-electron chi connectivity index (χ4n) is 8.38. The standard InChI is InChI=1S/C48H36/c1-2-32-9-21-38(22-10-32)44-43(37-19-7-31(1)8-20-37)45-39-23-11-33(12-24-39)3-4-35-15-27-41(28-16-35)47(45)48-42-29-17-36(18-30-42)6-5-34-13-25-40(26-14-34)46(44)48/h7-30H,1-6H2. The molecule has 0 fully saturated rings. The summed E-state index contributed by atoms with van der Waals surface area (Å²) in [6, 6.07) is 56.9. The van der Waals surface area contributed by atoms with Crippen LogP contribution < -0.4 is 0 Å². The number of rotatable bonds is 0. The van der Waals surface area contributed by atoms with Gasteiger partial charge in [0.05, 0.1) is 0 Å². The fraction of sp³-hybridized carbons (Fsp3) is 0.125. The minimum Gasteiger partial charge on any atom is -0.0584 e. The average Bonchev–Trinajstić information content (AvgIpc) is 3.14. The van der Waals surface area contributed by atoms with Gasteiger partial charge in [0.15, 0.2) is 0 Å². The molecule has 0 saturated carbocycles. The molecular weight excluding hydrogens is 577 g/mol. The topological polar surface area (TPSA) is 0 Å². The first-order valence-electron chi connectivity index (χ1n) is 17.5. The lowest BCUT2D eigenvalue weighted by Gasteiger charge is -2.29. The predicted octanol–water partition coefficient (Wildman–Crippen LogP) is 12.0. The molecule has 0 aromatic heterocycles. The van der Waals surface area contributed by atoms with Gasteiger partial charge in [0, 0.05) is 0 Å². The molecule has 7 aromatic carbocycles. The Hall–Kier alpha value is -5.46. The largest absolute Gasteiger partial charge is 0.0584 e. The van der Waals surface area contributed by atoms with E-state index in [9.17, 15) is 0 Å². The lowest BCUT2D eigenvalue weighted by molar-refractivity contribution is 0.960. The molecule has 0 atom stereocenters. The maximum absolute atomic E-state index is 2.38. The summed E-state index contributed by atoms with van der Waals surface area (Å²) in [5, 5.41) is 0. The summed E-state index contributed by atoms with van der Waals surface area (Å²) in [6.45, 7) is 0. The fourth-order valence-corrected chi connectivity index (χ4v) is 8.38. The highest BCUT2D eigenvalue weighted by Crippen LogP contribution is 2.56. The van der Waals surface area contributed by atoms with E-state index in [4.69, 9.17) is 0 Å². The van der Waals surface area contributed by atoms with Crippen LogP contribution >= 0.6 is 0 Å². The smallest absolute Gasteiger partial charge is 0.00139 e. The number of hydrogen-bond donors (Lipinski definition) is 0. The summed E-state index contributed by atoms with van der Waals surface area (Å²) in [6.07, 6.45) is 6.28. The molecule has 0 radical (unpaired) electrons. The van der Waals surface area contributed by atoms with Crippen molar-refractivity contribution >= 4 is 0 Å².